The predicted octanol–water partition coefficient (Wildman–Crippen LogP) is 3.46. The summed E-state index contributed by atoms with van der Waals surface area (Å²) in [5.41, 5.74) is 3.03. The van der Waals surface area contributed by atoms with Crippen molar-refractivity contribution in [3.63, 3.8) is 0 Å². The fourth-order valence-electron chi connectivity index (χ4n) is 2.31. The van der Waals surface area contributed by atoms with Gasteiger partial charge in [0, 0.05) is 16.9 Å². The van der Waals surface area contributed by atoms with Crippen molar-refractivity contribution in [2.24, 2.45) is 5.92 Å². The topological polar surface area (TPSA) is 26.3 Å². The summed E-state index contributed by atoms with van der Waals surface area (Å²) in [6, 6.07) is 3.93. The summed E-state index contributed by atoms with van der Waals surface area (Å²) in [5, 5.41) is 0.0910. The third-order valence-corrected chi connectivity index (χ3v) is 4.79. The number of carbonyl (C=O) groups excluding carboxylic acids is 1. The van der Waals surface area contributed by atoms with Crippen LogP contribution in [0, 0.1) is 12.8 Å². The van der Waals surface area contributed by atoms with E-state index in [4.69, 9.17) is 4.74 Å². The minimum absolute atomic E-state index is 0.0910. The third-order valence-electron chi connectivity index (χ3n) is 3.22. The summed E-state index contributed by atoms with van der Waals surface area (Å²) in [5.74, 6) is 2.36. The first-order chi connectivity index (χ1) is 8.06. The van der Waals surface area contributed by atoms with Crippen LogP contribution in [-0.2, 0) is 5.75 Å². The van der Waals surface area contributed by atoms with Gasteiger partial charge in [0.15, 0.2) is 5.78 Å². The minimum Gasteiger partial charge on any atom is -0.496 e. The van der Waals surface area contributed by atoms with E-state index in [1.54, 1.807) is 18.9 Å². The van der Waals surface area contributed by atoms with Crippen LogP contribution < -0.4 is 4.74 Å². The van der Waals surface area contributed by atoms with Gasteiger partial charge in [-0.05, 0) is 24.5 Å². The number of aryl methyl sites for hydroxylation is 1. The van der Waals surface area contributed by atoms with Crippen LogP contribution in [0.5, 0.6) is 5.75 Å². The number of ether oxygens (including phenoxy) is 1. The highest BCUT2D eigenvalue weighted by Crippen LogP contribution is 2.39. The Morgan fingerprint density at radius 2 is 2.12 bits per heavy atom. The number of carbonyl (C=O) groups is 1. The Balaban J connectivity index is 2.52. The Hall–Kier alpha value is -0.960. The molecule has 1 aromatic carbocycles. The SMILES string of the molecule is COc1ccc(C)c2c1CSC(C(C)C)C2=O. The van der Waals surface area contributed by atoms with Crippen molar-refractivity contribution in [2.45, 2.75) is 31.8 Å². The molecule has 0 fully saturated rings. The summed E-state index contributed by atoms with van der Waals surface area (Å²) in [7, 11) is 1.66. The third kappa shape index (κ3) is 2.08. The molecule has 0 N–H and O–H groups in total. The van der Waals surface area contributed by atoms with Crippen molar-refractivity contribution >= 4 is 17.5 Å². The van der Waals surface area contributed by atoms with Crippen LogP contribution in [0.4, 0.5) is 0 Å². The quantitative estimate of drug-likeness (QED) is 0.804. The van der Waals surface area contributed by atoms with Crippen LogP contribution in [0.15, 0.2) is 12.1 Å². The fourth-order valence-corrected chi connectivity index (χ4v) is 3.60. The van der Waals surface area contributed by atoms with Gasteiger partial charge in [-0.1, -0.05) is 19.9 Å². The molecule has 0 saturated carbocycles. The minimum atomic E-state index is 0.0910. The number of benzene rings is 1. The van der Waals surface area contributed by atoms with Crippen LogP contribution in [0.1, 0.15) is 35.3 Å². The molecular weight excluding hydrogens is 232 g/mol. The molecule has 0 aliphatic carbocycles. The van der Waals surface area contributed by atoms with Crippen molar-refractivity contribution in [3.8, 4) is 5.75 Å². The molecule has 3 heteroatoms. The Morgan fingerprint density at radius 1 is 1.41 bits per heavy atom. The largest absolute Gasteiger partial charge is 0.496 e. The summed E-state index contributed by atoms with van der Waals surface area (Å²) >= 11 is 1.73. The van der Waals surface area contributed by atoms with E-state index < -0.39 is 0 Å². The van der Waals surface area contributed by atoms with Gasteiger partial charge in [0.05, 0.1) is 12.4 Å². The first-order valence-electron chi connectivity index (χ1n) is 5.88. The number of hydrogen-bond donors (Lipinski definition) is 0. The predicted molar refractivity (Wildman–Crippen MR) is 72.0 cm³/mol. The van der Waals surface area contributed by atoms with E-state index in [2.05, 4.69) is 13.8 Å². The van der Waals surface area contributed by atoms with Gasteiger partial charge in [-0.3, -0.25) is 4.79 Å². The average Bonchev–Trinajstić information content (AvgIpc) is 2.29. The van der Waals surface area contributed by atoms with E-state index in [0.717, 1.165) is 28.2 Å². The molecule has 1 atom stereocenters. The van der Waals surface area contributed by atoms with E-state index in [-0.39, 0.29) is 11.0 Å². The molecule has 0 bridgehead atoms. The summed E-state index contributed by atoms with van der Waals surface area (Å²) in [4.78, 5) is 12.5. The maximum atomic E-state index is 12.5. The first kappa shape index (κ1) is 12.5. The molecule has 1 heterocycles. The Morgan fingerprint density at radius 3 is 2.71 bits per heavy atom. The second-order valence-electron chi connectivity index (χ2n) is 4.78. The van der Waals surface area contributed by atoms with Gasteiger partial charge in [0.2, 0.25) is 0 Å². The van der Waals surface area contributed by atoms with E-state index >= 15 is 0 Å². The number of fused-ring (bicyclic) bond motifs is 1. The second-order valence-corrected chi connectivity index (χ2v) is 5.91. The van der Waals surface area contributed by atoms with Crippen LogP contribution in [0.2, 0.25) is 0 Å². The van der Waals surface area contributed by atoms with Crippen LogP contribution >= 0.6 is 11.8 Å². The van der Waals surface area contributed by atoms with Gasteiger partial charge in [-0.25, -0.2) is 0 Å². The molecule has 17 heavy (non-hydrogen) atoms. The molecule has 1 unspecified atom stereocenters. The Bertz CT molecular complexity index is 452. The van der Waals surface area contributed by atoms with Gasteiger partial charge in [0.25, 0.3) is 0 Å². The van der Waals surface area contributed by atoms with Crippen molar-refractivity contribution in [3.05, 3.63) is 28.8 Å². The fraction of sp³-hybridized carbons (Fsp3) is 0.500. The summed E-state index contributed by atoms with van der Waals surface area (Å²) < 4.78 is 5.35. The molecule has 1 aromatic rings. The molecule has 1 aliphatic heterocycles. The number of Topliss-reactive ketones (excluding diaryl/α,β-unsaturated/α-hetero) is 1. The van der Waals surface area contributed by atoms with E-state index in [1.807, 2.05) is 19.1 Å². The molecule has 92 valence electrons. The molecular formula is C14H18O2S. The maximum Gasteiger partial charge on any atom is 0.176 e. The number of hydrogen-bond acceptors (Lipinski definition) is 3. The highest BCUT2D eigenvalue weighted by atomic mass is 32.2. The highest BCUT2D eigenvalue weighted by molar-refractivity contribution is 8.00. The number of methoxy groups -OCH3 is 1. The van der Waals surface area contributed by atoms with E-state index in [0.29, 0.717) is 5.92 Å². The highest BCUT2D eigenvalue weighted by Gasteiger charge is 2.32. The standard InChI is InChI=1S/C14H18O2S/c1-8(2)14-13(15)12-9(3)5-6-11(16-4)10(12)7-17-14/h5-6,8,14H,7H2,1-4H3. The zero-order valence-electron chi connectivity index (χ0n) is 10.7. The number of rotatable bonds is 2. The summed E-state index contributed by atoms with van der Waals surface area (Å²) in [6.07, 6.45) is 0. The zero-order valence-corrected chi connectivity index (χ0v) is 11.6. The van der Waals surface area contributed by atoms with Gasteiger partial charge >= 0.3 is 0 Å². The second kappa shape index (κ2) is 4.73. The van der Waals surface area contributed by atoms with Crippen molar-refractivity contribution in [2.75, 3.05) is 7.11 Å². The molecule has 0 aromatic heterocycles. The normalized spacial score (nSPS) is 19.4. The molecule has 1 aliphatic rings. The van der Waals surface area contributed by atoms with Gasteiger partial charge in [-0.2, -0.15) is 0 Å². The molecule has 0 spiro atoms. The lowest BCUT2D eigenvalue weighted by atomic mass is 9.92. The van der Waals surface area contributed by atoms with Gasteiger partial charge in [-0.15, -0.1) is 11.8 Å². The molecule has 0 saturated heterocycles. The molecule has 0 radical (unpaired) electrons. The lowest BCUT2D eigenvalue weighted by Crippen LogP contribution is -2.29. The maximum absolute atomic E-state index is 12.5. The van der Waals surface area contributed by atoms with Gasteiger partial charge in [0.1, 0.15) is 5.75 Å². The molecule has 2 nitrogen and oxygen atoms in total. The Kier molecular flexibility index (Phi) is 3.48. The van der Waals surface area contributed by atoms with Crippen molar-refractivity contribution in [1.82, 2.24) is 0 Å². The van der Waals surface area contributed by atoms with Crippen LogP contribution in [-0.4, -0.2) is 18.1 Å². The monoisotopic (exact) mass is 250 g/mol. The smallest absolute Gasteiger partial charge is 0.176 e. The van der Waals surface area contributed by atoms with Crippen molar-refractivity contribution < 1.29 is 9.53 Å². The van der Waals surface area contributed by atoms with Gasteiger partial charge < -0.3 is 4.74 Å². The molecule has 2 rings (SSSR count). The molecule has 0 amide bonds. The number of thioether (sulfide) groups is 1. The summed E-state index contributed by atoms with van der Waals surface area (Å²) in [6.45, 7) is 6.22. The van der Waals surface area contributed by atoms with E-state index in [1.165, 1.54) is 0 Å². The van der Waals surface area contributed by atoms with Crippen molar-refractivity contribution in [1.29, 1.82) is 0 Å². The lowest BCUT2D eigenvalue weighted by molar-refractivity contribution is 0.0972. The zero-order chi connectivity index (χ0) is 12.6. The average molecular weight is 250 g/mol. The Labute approximate surface area is 107 Å². The van der Waals surface area contributed by atoms with E-state index in [9.17, 15) is 4.79 Å². The number of ketones is 1. The lowest BCUT2D eigenvalue weighted by Gasteiger charge is -2.28. The van der Waals surface area contributed by atoms with Crippen LogP contribution in [0.25, 0.3) is 0 Å². The first-order valence-corrected chi connectivity index (χ1v) is 6.93. The van der Waals surface area contributed by atoms with Crippen LogP contribution in [0.3, 0.4) is 0 Å².